The molecule has 0 unspecified atom stereocenters. The predicted octanol–water partition coefficient (Wildman–Crippen LogP) is -0.941. The van der Waals surface area contributed by atoms with Crippen molar-refractivity contribution >= 4 is 0 Å². The van der Waals surface area contributed by atoms with Gasteiger partial charge in [-0.3, -0.25) is 14.3 Å². The summed E-state index contributed by atoms with van der Waals surface area (Å²) in [4.78, 5) is 25.5. The lowest BCUT2D eigenvalue weighted by molar-refractivity contribution is -0.110. The standard InChI is InChI=1S/C14H20N2O6/c1-3-4-21-8-14(20)5-11(22-10(14)7-17)16-6-9(2)12(18)15-13(16)19/h3,6,10-11,17,20H,1,4-5,7-8H2,2H3,(H,15,18,19)/t10-,11-,14-/m1/s1. The summed E-state index contributed by atoms with van der Waals surface area (Å²) in [5.74, 6) is 0. The van der Waals surface area contributed by atoms with Gasteiger partial charge in [-0.2, -0.15) is 0 Å². The molecule has 0 spiro atoms. The van der Waals surface area contributed by atoms with E-state index in [-0.39, 0.29) is 19.6 Å². The molecule has 3 N–H and O–H groups in total. The summed E-state index contributed by atoms with van der Waals surface area (Å²) in [7, 11) is 0. The number of hydrogen-bond acceptors (Lipinski definition) is 6. The van der Waals surface area contributed by atoms with Gasteiger partial charge in [0.1, 0.15) is 17.9 Å². The zero-order valence-electron chi connectivity index (χ0n) is 12.3. The Morgan fingerprint density at radius 1 is 1.64 bits per heavy atom. The maximum Gasteiger partial charge on any atom is 0.330 e. The lowest BCUT2D eigenvalue weighted by atomic mass is 9.96. The fourth-order valence-electron chi connectivity index (χ4n) is 2.45. The first-order chi connectivity index (χ1) is 10.4. The number of aromatic amines is 1. The molecule has 1 aromatic rings. The van der Waals surface area contributed by atoms with Crippen LogP contribution in [0.5, 0.6) is 0 Å². The molecule has 0 aromatic carbocycles. The number of nitrogens with zero attached hydrogens (tertiary/aromatic N) is 1. The lowest BCUT2D eigenvalue weighted by Crippen LogP contribution is -2.44. The Bertz CT molecular complexity index is 651. The predicted molar refractivity (Wildman–Crippen MR) is 77.6 cm³/mol. The summed E-state index contributed by atoms with van der Waals surface area (Å²) in [5.41, 5.74) is -2.18. The van der Waals surface area contributed by atoms with Crippen molar-refractivity contribution < 1.29 is 19.7 Å². The molecule has 8 heteroatoms. The molecule has 3 atom stereocenters. The maximum atomic E-state index is 11.9. The minimum atomic E-state index is -1.42. The highest BCUT2D eigenvalue weighted by atomic mass is 16.6. The summed E-state index contributed by atoms with van der Waals surface area (Å²) < 4.78 is 12.0. The highest BCUT2D eigenvalue weighted by Crippen LogP contribution is 2.36. The maximum absolute atomic E-state index is 11.9. The molecule has 0 bridgehead atoms. The van der Waals surface area contributed by atoms with Gasteiger partial charge in [0.2, 0.25) is 0 Å². The third kappa shape index (κ3) is 3.20. The zero-order chi connectivity index (χ0) is 16.3. The van der Waals surface area contributed by atoms with Crippen LogP contribution in [-0.2, 0) is 9.47 Å². The van der Waals surface area contributed by atoms with E-state index in [9.17, 15) is 19.8 Å². The Morgan fingerprint density at radius 2 is 2.36 bits per heavy atom. The third-order valence-electron chi connectivity index (χ3n) is 3.66. The summed E-state index contributed by atoms with van der Waals surface area (Å²) in [6.07, 6.45) is 1.29. The van der Waals surface area contributed by atoms with Crippen LogP contribution in [0.25, 0.3) is 0 Å². The quantitative estimate of drug-likeness (QED) is 0.461. The van der Waals surface area contributed by atoms with Gasteiger partial charge in [-0.1, -0.05) is 6.08 Å². The molecule has 0 aliphatic carbocycles. The number of rotatable bonds is 6. The van der Waals surface area contributed by atoms with Gasteiger partial charge in [0.05, 0.1) is 19.8 Å². The van der Waals surface area contributed by atoms with Crippen molar-refractivity contribution in [2.24, 2.45) is 0 Å². The first-order valence-corrected chi connectivity index (χ1v) is 6.90. The second-order valence-electron chi connectivity index (χ2n) is 5.35. The molecule has 8 nitrogen and oxygen atoms in total. The van der Waals surface area contributed by atoms with Gasteiger partial charge in [0.15, 0.2) is 0 Å². The summed E-state index contributed by atoms with van der Waals surface area (Å²) in [6, 6.07) is 0. The van der Waals surface area contributed by atoms with Gasteiger partial charge in [-0.05, 0) is 6.92 Å². The number of ether oxygens (including phenoxy) is 2. The van der Waals surface area contributed by atoms with Crippen molar-refractivity contribution in [2.75, 3.05) is 19.8 Å². The summed E-state index contributed by atoms with van der Waals surface area (Å²) in [5, 5.41) is 20.0. The van der Waals surface area contributed by atoms with Crippen molar-refractivity contribution in [1.82, 2.24) is 9.55 Å². The van der Waals surface area contributed by atoms with Crippen molar-refractivity contribution in [3.05, 3.63) is 45.3 Å². The van der Waals surface area contributed by atoms with Crippen LogP contribution in [0.3, 0.4) is 0 Å². The Morgan fingerprint density at radius 3 is 3.00 bits per heavy atom. The highest BCUT2D eigenvalue weighted by molar-refractivity contribution is 5.03. The molecule has 0 radical (unpaired) electrons. The Balaban J connectivity index is 2.25. The Labute approximate surface area is 126 Å². The van der Waals surface area contributed by atoms with Gasteiger partial charge in [-0.15, -0.1) is 6.58 Å². The van der Waals surface area contributed by atoms with Gasteiger partial charge in [0.25, 0.3) is 5.56 Å². The van der Waals surface area contributed by atoms with Crippen LogP contribution in [0.15, 0.2) is 28.4 Å². The third-order valence-corrected chi connectivity index (χ3v) is 3.66. The van der Waals surface area contributed by atoms with Crippen molar-refractivity contribution in [3.8, 4) is 0 Å². The molecule has 1 fully saturated rings. The molecule has 1 aliphatic rings. The SMILES string of the molecule is C=CCOC[C@]1(O)C[C@H](n2cc(C)c(=O)[nH]c2=O)O[C@@H]1CO. The molecule has 22 heavy (non-hydrogen) atoms. The molecular formula is C14H20N2O6. The molecule has 0 amide bonds. The largest absolute Gasteiger partial charge is 0.394 e. The molecule has 1 saturated heterocycles. The molecule has 0 saturated carbocycles. The van der Waals surface area contributed by atoms with Crippen molar-refractivity contribution in [3.63, 3.8) is 0 Å². The van der Waals surface area contributed by atoms with Gasteiger partial charge >= 0.3 is 5.69 Å². The second-order valence-corrected chi connectivity index (χ2v) is 5.35. The minimum absolute atomic E-state index is 0.0563. The molecule has 1 aliphatic heterocycles. The normalized spacial score (nSPS) is 28.0. The van der Waals surface area contributed by atoms with E-state index in [4.69, 9.17) is 9.47 Å². The average molecular weight is 312 g/mol. The number of aryl methyl sites for hydroxylation is 1. The Kier molecular flexibility index (Phi) is 4.97. The number of aliphatic hydroxyl groups is 2. The van der Waals surface area contributed by atoms with Gasteiger partial charge in [-0.25, -0.2) is 4.79 Å². The van der Waals surface area contributed by atoms with E-state index < -0.39 is 35.8 Å². The highest BCUT2D eigenvalue weighted by Gasteiger charge is 2.48. The number of aromatic nitrogens is 2. The topological polar surface area (TPSA) is 114 Å². The Hall–Kier alpha value is -1.74. The molecule has 1 aromatic heterocycles. The van der Waals surface area contributed by atoms with Gasteiger partial charge < -0.3 is 19.7 Å². The van der Waals surface area contributed by atoms with Crippen molar-refractivity contribution in [2.45, 2.75) is 31.3 Å². The van der Waals surface area contributed by atoms with Crippen LogP contribution < -0.4 is 11.2 Å². The number of H-pyrrole nitrogens is 1. The van der Waals surface area contributed by atoms with Crippen LogP contribution in [0.2, 0.25) is 0 Å². The van der Waals surface area contributed by atoms with Crippen LogP contribution >= 0.6 is 0 Å². The number of nitrogens with one attached hydrogen (secondary N) is 1. The van der Waals surface area contributed by atoms with E-state index >= 15 is 0 Å². The number of aliphatic hydroxyl groups excluding tert-OH is 1. The molecule has 122 valence electrons. The average Bonchev–Trinajstić information content (AvgIpc) is 2.80. The minimum Gasteiger partial charge on any atom is -0.394 e. The van der Waals surface area contributed by atoms with Crippen LogP contribution in [0.4, 0.5) is 0 Å². The zero-order valence-corrected chi connectivity index (χ0v) is 12.3. The smallest absolute Gasteiger partial charge is 0.330 e. The van der Waals surface area contributed by atoms with E-state index in [0.717, 1.165) is 0 Å². The van der Waals surface area contributed by atoms with Crippen LogP contribution in [-0.4, -0.2) is 51.3 Å². The monoisotopic (exact) mass is 312 g/mol. The van der Waals surface area contributed by atoms with Crippen LogP contribution in [0, 0.1) is 6.92 Å². The van der Waals surface area contributed by atoms with Crippen LogP contribution in [0.1, 0.15) is 18.2 Å². The summed E-state index contributed by atoms with van der Waals surface area (Å²) >= 11 is 0. The van der Waals surface area contributed by atoms with Gasteiger partial charge in [0, 0.05) is 18.2 Å². The van der Waals surface area contributed by atoms with E-state index in [1.54, 1.807) is 13.0 Å². The van der Waals surface area contributed by atoms with E-state index in [2.05, 4.69) is 11.6 Å². The number of hydrogen-bond donors (Lipinski definition) is 3. The van der Waals surface area contributed by atoms with E-state index in [0.29, 0.717) is 5.56 Å². The van der Waals surface area contributed by atoms with E-state index in [1.807, 2.05) is 0 Å². The lowest BCUT2D eigenvalue weighted by Gasteiger charge is -2.26. The molecule has 2 heterocycles. The first-order valence-electron chi connectivity index (χ1n) is 6.90. The summed E-state index contributed by atoms with van der Waals surface area (Å²) in [6.45, 7) is 4.85. The molecule has 2 rings (SSSR count). The first kappa shape index (κ1) is 16.6. The second kappa shape index (κ2) is 6.57. The molecular weight excluding hydrogens is 292 g/mol. The van der Waals surface area contributed by atoms with E-state index in [1.165, 1.54) is 10.8 Å². The fraction of sp³-hybridized carbons (Fsp3) is 0.571. The fourth-order valence-corrected chi connectivity index (χ4v) is 2.45. The van der Waals surface area contributed by atoms with Crippen molar-refractivity contribution in [1.29, 1.82) is 0 Å².